The molecule has 5 nitrogen and oxygen atoms in total. The highest BCUT2D eigenvalue weighted by atomic mass is 32.2. The molecule has 1 heterocycles. The minimum absolute atomic E-state index is 0.0648. The maximum atomic E-state index is 13.1. The maximum Gasteiger partial charge on any atom is 0.304 e. The van der Waals surface area contributed by atoms with Crippen molar-refractivity contribution in [1.29, 1.82) is 5.26 Å². The third kappa shape index (κ3) is 3.76. The summed E-state index contributed by atoms with van der Waals surface area (Å²) in [7, 11) is -3.70. The lowest BCUT2D eigenvalue weighted by molar-refractivity contribution is 0.280. The zero-order chi connectivity index (χ0) is 16.2. The summed E-state index contributed by atoms with van der Waals surface area (Å²) in [6, 6.07) is 7.27. The second-order valence-electron chi connectivity index (χ2n) is 5.57. The first-order valence-electron chi connectivity index (χ1n) is 7.35. The van der Waals surface area contributed by atoms with Crippen LogP contribution >= 0.6 is 0 Å². The Labute approximate surface area is 131 Å². The van der Waals surface area contributed by atoms with Gasteiger partial charge >= 0.3 is 10.2 Å². The normalized spacial score (nSPS) is 19.6. The number of hydrogen-bond donors (Lipinski definition) is 0. The summed E-state index contributed by atoms with van der Waals surface area (Å²) in [6.45, 7) is 3.05. The molecule has 2 rings (SSSR count). The summed E-state index contributed by atoms with van der Waals surface area (Å²) in [5.74, 6) is -0.109. The number of rotatable bonds is 5. The van der Waals surface area contributed by atoms with Crippen LogP contribution in [0.5, 0.6) is 0 Å². The fourth-order valence-corrected chi connectivity index (χ4v) is 4.42. The van der Waals surface area contributed by atoms with Crippen molar-refractivity contribution >= 4 is 15.9 Å². The van der Waals surface area contributed by atoms with Crippen molar-refractivity contribution in [3.63, 3.8) is 0 Å². The van der Waals surface area contributed by atoms with Gasteiger partial charge in [0, 0.05) is 19.6 Å². The van der Waals surface area contributed by atoms with Gasteiger partial charge in [-0.15, -0.1) is 0 Å². The summed E-state index contributed by atoms with van der Waals surface area (Å²) in [5.41, 5.74) is 0.384. The smallest absolute Gasteiger partial charge is 0.257 e. The van der Waals surface area contributed by atoms with Gasteiger partial charge in [0.15, 0.2) is 0 Å². The SMILES string of the molecule is C[C@H]1CCCN(S(=O)(=O)N(CCC#N)c2ccc(F)cc2)C1. The molecule has 0 aliphatic carbocycles. The van der Waals surface area contributed by atoms with Crippen LogP contribution in [0.15, 0.2) is 24.3 Å². The average molecular weight is 325 g/mol. The molecule has 1 aliphatic heterocycles. The van der Waals surface area contributed by atoms with Crippen molar-refractivity contribution in [1.82, 2.24) is 4.31 Å². The minimum Gasteiger partial charge on any atom is -0.257 e. The van der Waals surface area contributed by atoms with Gasteiger partial charge in [-0.25, -0.2) is 4.39 Å². The van der Waals surface area contributed by atoms with Crippen molar-refractivity contribution in [2.24, 2.45) is 5.92 Å². The highest BCUT2D eigenvalue weighted by Gasteiger charge is 2.32. The van der Waals surface area contributed by atoms with Gasteiger partial charge in [-0.3, -0.25) is 4.31 Å². The number of anilines is 1. The second kappa shape index (κ2) is 7.07. The van der Waals surface area contributed by atoms with Crippen LogP contribution in [0.1, 0.15) is 26.2 Å². The van der Waals surface area contributed by atoms with Crippen molar-refractivity contribution in [2.75, 3.05) is 23.9 Å². The third-order valence-corrected chi connectivity index (χ3v) is 5.70. The van der Waals surface area contributed by atoms with Gasteiger partial charge in [0.1, 0.15) is 5.82 Å². The number of nitrogens with zero attached hydrogens (tertiary/aromatic N) is 3. The van der Waals surface area contributed by atoms with Crippen molar-refractivity contribution in [2.45, 2.75) is 26.2 Å². The van der Waals surface area contributed by atoms with E-state index in [1.54, 1.807) is 0 Å². The van der Waals surface area contributed by atoms with E-state index in [-0.39, 0.29) is 13.0 Å². The van der Waals surface area contributed by atoms with Crippen LogP contribution in [-0.2, 0) is 10.2 Å². The Balaban J connectivity index is 2.31. The van der Waals surface area contributed by atoms with Crippen LogP contribution < -0.4 is 4.31 Å². The summed E-state index contributed by atoms with van der Waals surface area (Å²) in [5, 5.41) is 8.78. The van der Waals surface area contributed by atoms with E-state index >= 15 is 0 Å². The van der Waals surface area contributed by atoms with Gasteiger partial charge < -0.3 is 0 Å². The molecule has 0 unspecified atom stereocenters. The molecule has 1 fully saturated rings. The lowest BCUT2D eigenvalue weighted by Gasteiger charge is -2.35. The number of nitriles is 1. The summed E-state index contributed by atoms with van der Waals surface area (Å²) >= 11 is 0. The van der Waals surface area contributed by atoms with E-state index in [1.807, 2.05) is 13.0 Å². The van der Waals surface area contributed by atoms with E-state index < -0.39 is 16.0 Å². The number of benzene rings is 1. The Kier molecular flexibility index (Phi) is 5.37. The Hall–Kier alpha value is -1.65. The van der Waals surface area contributed by atoms with Crippen molar-refractivity contribution in [3.8, 4) is 6.07 Å². The molecule has 120 valence electrons. The van der Waals surface area contributed by atoms with E-state index in [0.717, 1.165) is 12.8 Å². The Morgan fingerprint density at radius 1 is 1.41 bits per heavy atom. The van der Waals surface area contributed by atoms with Crippen LogP contribution in [0.4, 0.5) is 10.1 Å². The Bertz CT molecular complexity index is 640. The standard InChI is InChI=1S/C15H20FN3O2S/c1-13-4-2-10-18(12-13)22(20,21)19(11-3-9-17)15-7-5-14(16)6-8-15/h5-8,13H,2-4,10-12H2,1H3/t13-/m0/s1. The van der Waals surface area contributed by atoms with Gasteiger partial charge in [-0.2, -0.15) is 18.0 Å². The summed E-state index contributed by atoms with van der Waals surface area (Å²) in [6.07, 6.45) is 1.93. The topological polar surface area (TPSA) is 64.4 Å². The lowest BCUT2D eigenvalue weighted by Crippen LogP contribution is -2.48. The molecule has 0 amide bonds. The largest absolute Gasteiger partial charge is 0.304 e. The molecule has 0 bridgehead atoms. The van der Waals surface area contributed by atoms with Crippen LogP contribution in [-0.4, -0.2) is 32.4 Å². The number of piperidine rings is 1. The molecule has 0 saturated carbocycles. The van der Waals surface area contributed by atoms with Crippen molar-refractivity contribution in [3.05, 3.63) is 30.1 Å². The summed E-state index contributed by atoms with van der Waals surface area (Å²) < 4.78 is 41.5. The third-order valence-electron chi connectivity index (χ3n) is 3.77. The van der Waals surface area contributed by atoms with E-state index in [4.69, 9.17) is 5.26 Å². The van der Waals surface area contributed by atoms with Gasteiger partial charge in [0.05, 0.1) is 18.2 Å². The van der Waals surface area contributed by atoms with Gasteiger partial charge in [0.25, 0.3) is 0 Å². The Morgan fingerprint density at radius 3 is 2.68 bits per heavy atom. The molecule has 1 atom stereocenters. The molecule has 0 spiro atoms. The van der Waals surface area contributed by atoms with E-state index in [0.29, 0.717) is 24.7 Å². The highest BCUT2D eigenvalue weighted by Crippen LogP contribution is 2.25. The molecule has 1 saturated heterocycles. The summed E-state index contributed by atoms with van der Waals surface area (Å²) in [4.78, 5) is 0. The molecular formula is C15H20FN3O2S. The predicted molar refractivity (Wildman–Crippen MR) is 82.9 cm³/mol. The fourth-order valence-electron chi connectivity index (χ4n) is 2.63. The minimum atomic E-state index is -3.70. The molecule has 1 aromatic rings. The zero-order valence-electron chi connectivity index (χ0n) is 12.6. The van der Waals surface area contributed by atoms with Crippen LogP contribution in [0.3, 0.4) is 0 Å². The predicted octanol–water partition coefficient (Wildman–Crippen LogP) is 2.52. The zero-order valence-corrected chi connectivity index (χ0v) is 13.4. The highest BCUT2D eigenvalue weighted by molar-refractivity contribution is 7.90. The van der Waals surface area contributed by atoms with E-state index in [2.05, 4.69) is 0 Å². The molecule has 0 aromatic heterocycles. The monoisotopic (exact) mass is 325 g/mol. The van der Waals surface area contributed by atoms with Gasteiger partial charge in [-0.1, -0.05) is 6.92 Å². The van der Waals surface area contributed by atoms with Crippen molar-refractivity contribution < 1.29 is 12.8 Å². The molecule has 1 aliphatic rings. The molecule has 22 heavy (non-hydrogen) atoms. The maximum absolute atomic E-state index is 13.1. The van der Waals surface area contributed by atoms with E-state index in [9.17, 15) is 12.8 Å². The van der Waals surface area contributed by atoms with Crippen LogP contribution in [0, 0.1) is 23.1 Å². The quantitative estimate of drug-likeness (QED) is 0.835. The van der Waals surface area contributed by atoms with Crippen LogP contribution in [0.25, 0.3) is 0 Å². The van der Waals surface area contributed by atoms with Gasteiger partial charge in [-0.05, 0) is 43.0 Å². The Morgan fingerprint density at radius 2 is 2.09 bits per heavy atom. The van der Waals surface area contributed by atoms with E-state index in [1.165, 1.54) is 32.9 Å². The molecule has 7 heteroatoms. The van der Waals surface area contributed by atoms with Crippen LogP contribution in [0.2, 0.25) is 0 Å². The first kappa shape index (κ1) is 16.7. The average Bonchev–Trinajstić information content (AvgIpc) is 2.49. The molecule has 0 radical (unpaired) electrons. The fraction of sp³-hybridized carbons (Fsp3) is 0.533. The molecule has 0 N–H and O–H groups in total. The second-order valence-corrected chi connectivity index (χ2v) is 7.42. The number of hydrogen-bond acceptors (Lipinski definition) is 3. The lowest BCUT2D eigenvalue weighted by atomic mass is 10.0. The molecule has 1 aromatic carbocycles. The first-order chi connectivity index (χ1) is 10.4. The number of halogens is 1. The molecular weight excluding hydrogens is 305 g/mol. The first-order valence-corrected chi connectivity index (χ1v) is 8.75. The van der Waals surface area contributed by atoms with Gasteiger partial charge in [0.2, 0.25) is 0 Å².